The quantitative estimate of drug-likeness (QED) is 0.717. The van der Waals surface area contributed by atoms with Crippen molar-refractivity contribution in [2.24, 2.45) is 0 Å². The number of allylic oxidation sites excluding steroid dienone is 1. The van der Waals surface area contributed by atoms with Crippen LogP contribution in [0, 0.1) is 11.3 Å². The highest BCUT2D eigenvalue weighted by Gasteiger charge is 2.38. The number of anilines is 1. The number of rotatable bonds is 5. The Morgan fingerprint density at radius 2 is 2.00 bits per heavy atom. The summed E-state index contributed by atoms with van der Waals surface area (Å²) in [7, 11) is 1.61. The summed E-state index contributed by atoms with van der Waals surface area (Å²) in [6.45, 7) is 3.02. The highest BCUT2D eigenvalue weighted by molar-refractivity contribution is 8.03. The molecule has 0 bridgehead atoms. The normalized spacial score (nSPS) is 18.7. The molecular formula is C23H23N3O3S. The van der Waals surface area contributed by atoms with Gasteiger partial charge in [0.2, 0.25) is 5.91 Å². The van der Waals surface area contributed by atoms with Gasteiger partial charge in [0.1, 0.15) is 11.5 Å². The molecule has 2 heterocycles. The molecule has 2 aromatic carbocycles. The fourth-order valence-electron chi connectivity index (χ4n) is 3.79. The van der Waals surface area contributed by atoms with Crippen LogP contribution < -0.4 is 14.4 Å². The van der Waals surface area contributed by atoms with Gasteiger partial charge in [-0.05, 0) is 48.9 Å². The van der Waals surface area contributed by atoms with Crippen molar-refractivity contribution in [1.82, 2.24) is 4.90 Å². The fraction of sp³-hybridized carbons (Fsp3) is 0.304. The summed E-state index contributed by atoms with van der Waals surface area (Å²) in [5.41, 5.74) is 2.60. The van der Waals surface area contributed by atoms with Gasteiger partial charge in [-0.15, -0.1) is 0 Å². The first-order valence-corrected chi connectivity index (χ1v) is 10.8. The number of carbonyl (C=O) groups excluding carboxylic acids is 1. The minimum atomic E-state index is -0.242. The summed E-state index contributed by atoms with van der Waals surface area (Å²) in [5, 5.41) is 10.7. The van der Waals surface area contributed by atoms with Gasteiger partial charge < -0.3 is 14.4 Å². The van der Waals surface area contributed by atoms with Crippen LogP contribution in [0.4, 0.5) is 5.69 Å². The summed E-state index contributed by atoms with van der Waals surface area (Å²) in [6.07, 6.45) is 0.275. The molecule has 0 spiro atoms. The van der Waals surface area contributed by atoms with E-state index in [4.69, 9.17) is 9.47 Å². The molecule has 1 amide bonds. The van der Waals surface area contributed by atoms with Crippen LogP contribution in [0.25, 0.3) is 0 Å². The summed E-state index contributed by atoms with van der Waals surface area (Å²) in [6, 6.07) is 17.9. The van der Waals surface area contributed by atoms with Gasteiger partial charge in [0, 0.05) is 18.0 Å². The number of nitriles is 1. The largest absolute Gasteiger partial charge is 0.497 e. The first-order valence-electron chi connectivity index (χ1n) is 9.83. The number of amides is 1. The van der Waals surface area contributed by atoms with Crippen molar-refractivity contribution in [3.63, 3.8) is 0 Å². The third-order valence-electron chi connectivity index (χ3n) is 5.30. The van der Waals surface area contributed by atoms with Gasteiger partial charge in [0.25, 0.3) is 0 Å². The van der Waals surface area contributed by atoms with E-state index in [-0.39, 0.29) is 18.2 Å². The lowest BCUT2D eigenvalue weighted by Crippen LogP contribution is -2.47. The van der Waals surface area contributed by atoms with E-state index in [1.54, 1.807) is 12.0 Å². The monoisotopic (exact) mass is 421 g/mol. The molecule has 1 fully saturated rings. The molecule has 2 aliphatic heterocycles. The number of hydrogen-bond acceptors (Lipinski definition) is 6. The zero-order valence-electron chi connectivity index (χ0n) is 17.0. The van der Waals surface area contributed by atoms with Crippen LogP contribution in [-0.4, -0.2) is 37.1 Å². The smallest absolute Gasteiger partial charge is 0.229 e. The molecule has 6 nitrogen and oxygen atoms in total. The Kier molecular flexibility index (Phi) is 5.86. The van der Waals surface area contributed by atoms with Crippen LogP contribution in [0.1, 0.15) is 24.8 Å². The van der Waals surface area contributed by atoms with Crippen molar-refractivity contribution in [3.05, 3.63) is 64.7 Å². The molecule has 1 atom stereocenters. The molecule has 0 aromatic heterocycles. The van der Waals surface area contributed by atoms with Crippen LogP contribution in [0.2, 0.25) is 0 Å². The number of ether oxygens (including phenoxy) is 2. The van der Waals surface area contributed by atoms with Crippen molar-refractivity contribution < 1.29 is 14.3 Å². The van der Waals surface area contributed by atoms with E-state index in [0.717, 1.165) is 27.8 Å². The summed E-state index contributed by atoms with van der Waals surface area (Å²) in [4.78, 5) is 16.9. The average molecular weight is 422 g/mol. The molecule has 0 N–H and O–H groups in total. The molecule has 1 saturated heterocycles. The highest BCUT2D eigenvalue weighted by atomic mass is 32.2. The van der Waals surface area contributed by atoms with Gasteiger partial charge >= 0.3 is 0 Å². The van der Waals surface area contributed by atoms with E-state index in [9.17, 15) is 10.1 Å². The lowest BCUT2D eigenvalue weighted by molar-refractivity contribution is -0.129. The van der Waals surface area contributed by atoms with E-state index < -0.39 is 0 Å². The Balaban J connectivity index is 1.60. The Morgan fingerprint density at radius 3 is 2.70 bits per heavy atom. The van der Waals surface area contributed by atoms with Gasteiger partial charge in [0.05, 0.1) is 42.9 Å². The number of carbonyl (C=O) groups is 1. The molecular weight excluding hydrogens is 398 g/mol. The second kappa shape index (κ2) is 8.72. The van der Waals surface area contributed by atoms with E-state index >= 15 is 0 Å². The topological polar surface area (TPSA) is 65.8 Å². The summed E-state index contributed by atoms with van der Waals surface area (Å²) in [5.74, 6) is 2.01. The maximum absolute atomic E-state index is 13.0. The third kappa shape index (κ3) is 3.83. The van der Waals surface area contributed by atoms with Crippen molar-refractivity contribution >= 4 is 23.4 Å². The highest BCUT2D eigenvalue weighted by Crippen LogP contribution is 2.43. The standard InChI is InChI=1S/C23H23N3O3S/c1-3-29-18-9-7-17(8-10-18)25-14-26-22(27)12-20(21(13-24)23(26)30-15-25)16-5-4-6-19(11-16)28-2/h4-11,20H,3,12,14-15H2,1-2H3/t20-/m0/s1. The Morgan fingerprint density at radius 1 is 1.20 bits per heavy atom. The second-order valence-electron chi connectivity index (χ2n) is 7.07. The van der Waals surface area contributed by atoms with Crippen LogP contribution in [0.3, 0.4) is 0 Å². The van der Waals surface area contributed by atoms with Crippen molar-refractivity contribution in [2.75, 3.05) is 31.2 Å². The lowest BCUT2D eigenvalue weighted by atomic mass is 9.86. The van der Waals surface area contributed by atoms with E-state index in [0.29, 0.717) is 24.7 Å². The molecule has 154 valence electrons. The zero-order valence-corrected chi connectivity index (χ0v) is 17.8. The number of nitrogens with zero attached hydrogens (tertiary/aromatic N) is 3. The number of benzene rings is 2. The lowest BCUT2D eigenvalue weighted by Gasteiger charge is -2.42. The van der Waals surface area contributed by atoms with Crippen molar-refractivity contribution in [2.45, 2.75) is 19.3 Å². The third-order valence-corrected chi connectivity index (χ3v) is 6.46. The number of thioether (sulfide) groups is 1. The van der Waals surface area contributed by atoms with Crippen LogP contribution >= 0.6 is 11.8 Å². The molecule has 0 aliphatic carbocycles. The maximum atomic E-state index is 13.0. The van der Waals surface area contributed by atoms with Gasteiger partial charge in [-0.25, -0.2) is 0 Å². The molecule has 0 saturated carbocycles. The van der Waals surface area contributed by atoms with Gasteiger partial charge in [0.15, 0.2) is 0 Å². The van der Waals surface area contributed by atoms with Crippen LogP contribution in [0.15, 0.2) is 59.1 Å². The molecule has 0 radical (unpaired) electrons. The van der Waals surface area contributed by atoms with E-state index in [1.165, 1.54) is 11.8 Å². The van der Waals surface area contributed by atoms with Crippen molar-refractivity contribution in [1.29, 1.82) is 5.26 Å². The van der Waals surface area contributed by atoms with Gasteiger partial charge in [-0.2, -0.15) is 5.26 Å². The number of fused-ring (bicyclic) bond motifs is 1. The van der Waals surface area contributed by atoms with Gasteiger partial charge in [-0.1, -0.05) is 23.9 Å². The van der Waals surface area contributed by atoms with Gasteiger partial charge in [-0.3, -0.25) is 9.69 Å². The minimum absolute atomic E-state index is 0.0277. The number of methoxy groups -OCH3 is 1. The SMILES string of the molecule is CCOc1ccc(N2CSC3=C(C#N)[C@H](c4cccc(OC)c4)CC(=O)N3C2)cc1. The number of hydrogen-bond donors (Lipinski definition) is 0. The molecule has 30 heavy (non-hydrogen) atoms. The average Bonchev–Trinajstić information content (AvgIpc) is 2.79. The fourth-order valence-corrected chi connectivity index (χ4v) is 4.96. The predicted octanol–water partition coefficient (Wildman–Crippen LogP) is 4.31. The Labute approximate surface area is 180 Å². The predicted molar refractivity (Wildman–Crippen MR) is 117 cm³/mol. The molecule has 4 rings (SSSR count). The second-order valence-corrected chi connectivity index (χ2v) is 8.00. The first kappa shape index (κ1) is 20.2. The zero-order chi connectivity index (χ0) is 21.1. The molecule has 0 unspecified atom stereocenters. The molecule has 2 aromatic rings. The summed E-state index contributed by atoms with van der Waals surface area (Å²) < 4.78 is 10.8. The minimum Gasteiger partial charge on any atom is -0.497 e. The van der Waals surface area contributed by atoms with E-state index in [1.807, 2.05) is 55.5 Å². The van der Waals surface area contributed by atoms with Crippen LogP contribution in [-0.2, 0) is 4.79 Å². The molecule has 2 aliphatic rings. The molecule has 7 heteroatoms. The Hall–Kier alpha value is -3.11. The van der Waals surface area contributed by atoms with E-state index in [2.05, 4.69) is 11.0 Å². The van der Waals surface area contributed by atoms with Crippen molar-refractivity contribution in [3.8, 4) is 17.6 Å². The maximum Gasteiger partial charge on any atom is 0.229 e. The van der Waals surface area contributed by atoms with Crippen LogP contribution in [0.5, 0.6) is 11.5 Å². The first-order chi connectivity index (χ1) is 14.6. The Bertz CT molecular complexity index is 1010. The summed E-state index contributed by atoms with van der Waals surface area (Å²) >= 11 is 1.53.